The van der Waals surface area contributed by atoms with E-state index < -0.39 is 0 Å². The smallest absolute Gasteiger partial charge is 0.262 e. The predicted octanol–water partition coefficient (Wildman–Crippen LogP) is 3.14. The molecule has 1 aromatic heterocycles. The number of rotatable bonds is 8. The van der Waals surface area contributed by atoms with Crippen LogP contribution in [0.2, 0.25) is 0 Å². The monoisotopic (exact) mass is 478 g/mol. The first kappa shape index (κ1) is 23.8. The van der Waals surface area contributed by atoms with Crippen molar-refractivity contribution in [2.24, 2.45) is 11.0 Å². The van der Waals surface area contributed by atoms with Crippen molar-refractivity contribution in [1.29, 1.82) is 0 Å². The van der Waals surface area contributed by atoms with E-state index in [9.17, 15) is 9.59 Å². The molecule has 0 unspecified atom stereocenters. The summed E-state index contributed by atoms with van der Waals surface area (Å²) in [5.74, 6) is 0.663. The molecule has 1 atom stereocenters. The molecular weight excluding hydrogens is 444 g/mol. The summed E-state index contributed by atoms with van der Waals surface area (Å²) in [7, 11) is 0. The van der Waals surface area contributed by atoms with Gasteiger partial charge >= 0.3 is 0 Å². The molecule has 186 valence electrons. The predicted molar refractivity (Wildman–Crippen MR) is 132 cm³/mol. The summed E-state index contributed by atoms with van der Waals surface area (Å²) in [4.78, 5) is 30.7. The van der Waals surface area contributed by atoms with E-state index in [1.54, 1.807) is 11.2 Å². The molecule has 35 heavy (non-hydrogen) atoms. The maximum atomic E-state index is 13.6. The van der Waals surface area contributed by atoms with Crippen LogP contribution in [0.3, 0.4) is 0 Å². The van der Waals surface area contributed by atoms with Gasteiger partial charge in [-0.05, 0) is 61.6 Å². The number of hydrogen-bond donors (Lipinski definition) is 0. The number of benzene rings is 1. The Morgan fingerprint density at radius 1 is 1.11 bits per heavy atom. The van der Waals surface area contributed by atoms with Crippen molar-refractivity contribution in [2.45, 2.75) is 39.2 Å². The van der Waals surface area contributed by atoms with Gasteiger partial charge in [-0.2, -0.15) is 5.10 Å². The second kappa shape index (κ2) is 10.3. The first-order valence-corrected chi connectivity index (χ1v) is 12.6. The van der Waals surface area contributed by atoms with Crippen LogP contribution in [0.15, 0.2) is 46.1 Å². The standard InChI is InChI=1S/C27H34N4O4/c1-19-5-6-22(16-20(19)2)23-17-24(25-4-3-13-35-25)31(28-23)26(32)18-30(27(33)21-7-8-21)10-9-29-11-14-34-15-12-29/h3-6,13,16,21,24H,7-12,14-15,17-18H2,1-2H3/t24-/m0/s1. The summed E-state index contributed by atoms with van der Waals surface area (Å²) in [6.07, 6.45) is 4.02. The number of furan rings is 1. The van der Waals surface area contributed by atoms with E-state index in [0.29, 0.717) is 31.9 Å². The Balaban J connectivity index is 1.34. The Hall–Kier alpha value is -2.97. The minimum atomic E-state index is -0.314. The number of amides is 2. The van der Waals surface area contributed by atoms with Gasteiger partial charge in [0, 0.05) is 38.5 Å². The largest absolute Gasteiger partial charge is 0.467 e. The highest BCUT2D eigenvalue weighted by Gasteiger charge is 2.38. The third-order valence-electron chi connectivity index (χ3n) is 7.23. The van der Waals surface area contributed by atoms with E-state index in [-0.39, 0.29) is 30.3 Å². The molecule has 5 rings (SSSR count). The molecule has 1 aromatic carbocycles. The van der Waals surface area contributed by atoms with E-state index >= 15 is 0 Å². The highest BCUT2D eigenvalue weighted by molar-refractivity contribution is 6.03. The fourth-order valence-electron chi connectivity index (χ4n) is 4.72. The molecule has 1 saturated heterocycles. The van der Waals surface area contributed by atoms with Crippen LogP contribution < -0.4 is 0 Å². The van der Waals surface area contributed by atoms with Crippen molar-refractivity contribution in [3.8, 4) is 0 Å². The molecule has 3 aliphatic rings. The van der Waals surface area contributed by atoms with Gasteiger partial charge in [-0.1, -0.05) is 12.1 Å². The highest BCUT2D eigenvalue weighted by atomic mass is 16.5. The van der Waals surface area contributed by atoms with E-state index in [4.69, 9.17) is 14.3 Å². The van der Waals surface area contributed by atoms with Crippen LogP contribution in [0, 0.1) is 19.8 Å². The Labute approximate surface area is 206 Å². The third-order valence-corrected chi connectivity index (χ3v) is 7.23. The molecule has 0 radical (unpaired) electrons. The number of aryl methyl sites for hydroxylation is 2. The number of carbonyl (C=O) groups is 2. The Kier molecular flexibility index (Phi) is 7.02. The van der Waals surface area contributed by atoms with Crippen LogP contribution >= 0.6 is 0 Å². The van der Waals surface area contributed by atoms with Crippen molar-refractivity contribution in [1.82, 2.24) is 14.8 Å². The number of morpholine rings is 1. The maximum Gasteiger partial charge on any atom is 0.262 e. The highest BCUT2D eigenvalue weighted by Crippen LogP contribution is 2.34. The van der Waals surface area contributed by atoms with Gasteiger partial charge in [0.05, 0.1) is 25.2 Å². The first-order chi connectivity index (χ1) is 17.0. The summed E-state index contributed by atoms with van der Waals surface area (Å²) in [5.41, 5.74) is 4.28. The van der Waals surface area contributed by atoms with Gasteiger partial charge in [-0.3, -0.25) is 14.5 Å². The Morgan fingerprint density at radius 3 is 2.60 bits per heavy atom. The molecule has 2 aliphatic heterocycles. The maximum absolute atomic E-state index is 13.6. The summed E-state index contributed by atoms with van der Waals surface area (Å²) < 4.78 is 11.1. The number of nitrogens with zero attached hydrogens (tertiary/aromatic N) is 4. The van der Waals surface area contributed by atoms with E-state index in [2.05, 4.69) is 36.9 Å². The molecule has 0 N–H and O–H groups in total. The first-order valence-electron chi connectivity index (χ1n) is 12.6. The topological polar surface area (TPSA) is 78.6 Å². The fourth-order valence-corrected chi connectivity index (χ4v) is 4.72. The lowest BCUT2D eigenvalue weighted by atomic mass is 9.99. The average molecular weight is 479 g/mol. The van der Waals surface area contributed by atoms with Gasteiger partial charge in [0.15, 0.2) is 0 Å². The van der Waals surface area contributed by atoms with Crippen LogP contribution in [-0.4, -0.2) is 78.3 Å². The van der Waals surface area contributed by atoms with Gasteiger partial charge in [0.1, 0.15) is 18.3 Å². The average Bonchev–Trinajstić information content (AvgIpc) is 3.38. The van der Waals surface area contributed by atoms with Crippen LogP contribution in [0.5, 0.6) is 0 Å². The van der Waals surface area contributed by atoms with E-state index in [1.807, 2.05) is 12.1 Å². The molecule has 8 heteroatoms. The number of carbonyl (C=O) groups excluding carboxylic acids is 2. The molecule has 1 aliphatic carbocycles. The van der Waals surface area contributed by atoms with Gasteiger partial charge in [0.25, 0.3) is 5.91 Å². The van der Waals surface area contributed by atoms with Crippen LogP contribution in [0.4, 0.5) is 0 Å². The summed E-state index contributed by atoms with van der Waals surface area (Å²) >= 11 is 0. The lowest BCUT2D eigenvalue weighted by Gasteiger charge is -2.31. The minimum Gasteiger partial charge on any atom is -0.467 e. The van der Waals surface area contributed by atoms with Gasteiger partial charge in [-0.25, -0.2) is 5.01 Å². The Morgan fingerprint density at radius 2 is 1.91 bits per heavy atom. The SMILES string of the molecule is Cc1ccc(C2=NN(C(=O)CN(CCN3CCOCC3)C(=O)C3CC3)[C@H](c3ccco3)C2)cc1C. The Bertz CT molecular complexity index is 1090. The zero-order valence-corrected chi connectivity index (χ0v) is 20.6. The molecular formula is C27H34N4O4. The molecule has 2 fully saturated rings. The van der Waals surface area contributed by atoms with Crippen molar-refractivity contribution >= 4 is 17.5 Å². The number of hydrazone groups is 1. The number of hydrogen-bond acceptors (Lipinski definition) is 6. The fraction of sp³-hybridized carbons (Fsp3) is 0.519. The zero-order chi connectivity index (χ0) is 24.4. The van der Waals surface area contributed by atoms with E-state index in [1.165, 1.54) is 16.1 Å². The van der Waals surface area contributed by atoms with Gasteiger partial charge < -0.3 is 14.1 Å². The summed E-state index contributed by atoms with van der Waals surface area (Å²) in [6.45, 7) is 8.61. The minimum absolute atomic E-state index is 0.0284. The van der Waals surface area contributed by atoms with Crippen molar-refractivity contribution < 1.29 is 18.7 Å². The van der Waals surface area contributed by atoms with Crippen molar-refractivity contribution in [2.75, 3.05) is 45.9 Å². The normalized spacial score (nSPS) is 20.7. The third kappa shape index (κ3) is 5.49. The molecule has 0 bridgehead atoms. The molecule has 2 aromatic rings. The summed E-state index contributed by atoms with van der Waals surface area (Å²) in [5, 5.41) is 6.30. The van der Waals surface area contributed by atoms with Gasteiger partial charge in [0.2, 0.25) is 5.91 Å². The zero-order valence-electron chi connectivity index (χ0n) is 20.6. The second-order valence-electron chi connectivity index (χ2n) is 9.81. The molecule has 3 heterocycles. The van der Waals surface area contributed by atoms with Crippen LogP contribution in [-0.2, 0) is 14.3 Å². The van der Waals surface area contributed by atoms with Crippen molar-refractivity contribution in [3.63, 3.8) is 0 Å². The molecule has 8 nitrogen and oxygen atoms in total. The molecule has 1 saturated carbocycles. The quantitative estimate of drug-likeness (QED) is 0.583. The summed E-state index contributed by atoms with van der Waals surface area (Å²) in [6, 6.07) is 9.66. The van der Waals surface area contributed by atoms with Gasteiger partial charge in [-0.15, -0.1) is 0 Å². The van der Waals surface area contributed by atoms with Crippen LogP contribution in [0.25, 0.3) is 0 Å². The number of ether oxygens (including phenoxy) is 1. The lowest BCUT2D eigenvalue weighted by molar-refractivity contribution is -0.142. The van der Waals surface area contributed by atoms with Crippen molar-refractivity contribution in [3.05, 3.63) is 59.0 Å². The second-order valence-corrected chi connectivity index (χ2v) is 9.81. The lowest BCUT2D eigenvalue weighted by Crippen LogP contribution is -2.47. The van der Waals surface area contributed by atoms with E-state index in [0.717, 1.165) is 43.8 Å². The van der Waals surface area contributed by atoms with Crippen LogP contribution in [0.1, 0.15) is 47.8 Å². The molecule has 2 amide bonds. The molecule has 0 spiro atoms.